The summed E-state index contributed by atoms with van der Waals surface area (Å²) in [6, 6.07) is 16.1. The monoisotopic (exact) mass is 547 g/mol. The molecule has 4 aromatic rings. The Labute approximate surface area is 241 Å². The zero-order valence-electron chi connectivity index (χ0n) is 24.4. The van der Waals surface area contributed by atoms with Crippen LogP contribution in [0.3, 0.4) is 0 Å². The van der Waals surface area contributed by atoms with E-state index in [4.69, 9.17) is 4.74 Å². The summed E-state index contributed by atoms with van der Waals surface area (Å²) in [6.07, 6.45) is 1.45. The van der Waals surface area contributed by atoms with E-state index in [1.54, 1.807) is 0 Å². The van der Waals surface area contributed by atoms with E-state index in [1.807, 2.05) is 49.2 Å². The Morgan fingerprint density at radius 1 is 1.02 bits per heavy atom. The SMILES string of the molecule is Cc1cc(-c2cccc3c(C)c[nH]c23)c(C#Cc2cccc(C(=O)N3CCOCC3)c2)c2c1NC(C)(C)[C@H](O)[C@H]2C. The first-order valence-corrected chi connectivity index (χ1v) is 14.4. The average molecular weight is 548 g/mol. The van der Waals surface area contributed by atoms with Crippen molar-refractivity contribution in [3.8, 4) is 23.0 Å². The van der Waals surface area contributed by atoms with Crippen LogP contribution in [0.25, 0.3) is 22.0 Å². The first kappa shape index (κ1) is 27.1. The summed E-state index contributed by atoms with van der Waals surface area (Å²) in [4.78, 5) is 18.5. The lowest BCUT2D eigenvalue weighted by Gasteiger charge is -2.43. The van der Waals surface area contributed by atoms with Crippen LogP contribution in [0.1, 0.15) is 64.9 Å². The Hall–Kier alpha value is -4.05. The molecule has 0 aliphatic carbocycles. The van der Waals surface area contributed by atoms with Gasteiger partial charge in [0.2, 0.25) is 0 Å². The summed E-state index contributed by atoms with van der Waals surface area (Å²) in [5.41, 5.74) is 9.37. The van der Waals surface area contributed by atoms with Crippen LogP contribution in [-0.2, 0) is 4.74 Å². The second-order valence-corrected chi connectivity index (χ2v) is 11.9. The number of anilines is 1. The fourth-order valence-electron chi connectivity index (χ4n) is 6.32. The highest BCUT2D eigenvalue weighted by atomic mass is 16.5. The summed E-state index contributed by atoms with van der Waals surface area (Å²) in [6.45, 7) is 12.7. The fraction of sp³-hybridized carbons (Fsp3) is 0.343. The first-order chi connectivity index (χ1) is 19.7. The Morgan fingerprint density at radius 3 is 2.56 bits per heavy atom. The molecule has 3 N–H and O–H groups in total. The number of carbonyl (C=O) groups is 1. The normalized spacial score (nSPS) is 19.7. The number of H-pyrrole nitrogens is 1. The molecule has 0 bridgehead atoms. The van der Waals surface area contributed by atoms with E-state index in [1.165, 1.54) is 10.9 Å². The number of aromatic amines is 1. The highest BCUT2D eigenvalue weighted by Crippen LogP contribution is 2.46. The molecule has 1 saturated heterocycles. The van der Waals surface area contributed by atoms with E-state index in [0.29, 0.717) is 31.9 Å². The van der Waals surface area contributed by atoms with E-state index in [9.17, 15) is 9.90 Å². The second-order valence-electron chi connectivity index (χ2n) is 11.9. The van der Waals surface area contributed by atoms with Gasteiger partial charge in [0.25, 0.3) is 5.91 Å². The highest BCUT2D eigenvalue weighted by Gasteiger charge is 2.41. The average Bonchev–Trinajstić information content (AvgIpc) is 3.36. The van der Waals surface area contributed by atoms with Crippen molar-refractivity contribution in [1.29, 1.82) is 0 Å². The third-order valence-corrected chi connectivity index (χ3v) is 8.63. The van der Waals surface area contributed by atoms with Crippen LogP contribution in [-0.4, -0.2) is 58.8 Å². The zero-order valence-corrected chi connectivity index (χ0v) is 24.4. The van der Waals surface area contributed by atoms with Gasteiger partial charge in [-0.25, -0.2) is 0 Å². The minimum atomic E-state index is -0.594. The number of hydrogen-bond donors (Lipinski definition) is 3. The standard InChI is InChI=1S/C35H37N3O3/c1-21-18-29(28-11-7-10-26-22(2)20-36-32(26)28)27(30-23(3)33(39)35(4,5)37-31(21)30)13-12-24-8-6-9-25(19-24)34(40)38-14-16-41-17-15-38/h6-11,18-20,23,33,36-37,39H,14-17H2,1-5H3/t23-,33+/m0/s1. The Balaban J connectivity index is 1.52. The minimum Gasteiger partial charge on any atom is -0.390 e. The maximum Gasteiger partial charge on any atom is 0.254 e. The van der Waals surface area contributed by atoms with Gasteiger partial charge in [-0.05, 0) is 68.7 Å². The molecular formula is C35H37N3O3. The molecule has 0 spiro atoms. The summed E-state index contributed by atoms with van der Waals surface area (Å²) in [5, 5.41) is 16.1. The van der Waals surface area contributed by atoms with Gasteiger partial charge >= 0.3 is 0 Å². The molecule has 6 heteroatoms. The first-order valence-electron chi connectivity index (χ1n) is 14.4. The topological polar surface area (TPSA) is 77.6 Å². The number of hydrogen-bond acceptors (Lipinski definition) is 4. The maximum atomic E-state index is 13.1. The number of ether oxygens (including phenoxy) is 1. The number of aryl methyl sites for hydroxylation is 2. The van der Waals surface area contributed by atoms with Gasteiger partial charge in [0.15, 0.2) is 0 Å². The van der Waals surface area contributed by atoms with E-state index in [-0.39, 0.29) is 11.8 Å². The molecule has 6 rings (SSSR count). The van der Waals surface area contributed by atoms with Crippen molar-refractivity contribution >= 4 is 22.5 Å². The quantitative estimate of drug-likeness (QED) is 0.269. The van der Waals surface area contributed by atoms with Gasteiger partial charge in [0.1, 0.15) is 0 Å². The van der Waals surface area contributed by atoms with Crippen molar-refractivity contribution in [3.05, 3.63) is 88.1 Å². The van der Waals surface area contributed by atoms with E-state index in [2.05, 4.69) is 67.2 Å². The number of amides is 1. The van der Waals surface area contributed by atoms with Gasteiger partial charge < -0.3 is 25.0 Å². The number of benzene rings is 3. The van der Waals surface area contributed by atoms with E-state index < -0.39 is 11.6 Å². The number of fused-ring (bicyclic) bond motifs is 2. The largest absolute Gasteiger partial charge is 0.390 e. The predicted octanol–water partition coefficient (Wildman–Crippen LogP) is 5.99. The molecular weight excluding hydrogens is 510 g/mol. The molecule has 6 nitrogen and oxygen atoms in total. The summed E-state index contributed by atoms with van der Waals surface area (Å²) < 4.78 is 5.41. The smallest absolute Gasteiger partial charge is 0.254 e. The number of morpholine rings is 1. The zero-order chi connectivity index (χ0) is 28.9. The number of aromatic nitrogens is 1. The van der Waals surface area contributed by atoms with Crippen LogP contribution in [0.5, 0.6) is 0 Å². The fourth-order valence-corrected chi connectivity index (χ4v) is 6.32. The van der Waals surface area contributed by atoms with Gasteiger partial charge in [-0.1, -0.05) is 43.0 Å². The Morgan fingerprint density at radius 2 is 1.78 bits per heavy atom. The molecule has 1 aromatic heterocycles. The van der Waals surface area contributed by atoms with E-state index >= 15 is 0 Å². The third kappa shape index (κ3) is 4.80. The minimum absolute atomic E-state index is 0.00215. The van der Waals surface area contributed by atoms with Gasteiger partial charge in [-0.2, -0.15) is 0 Å². The number of carbonyl (C=O) groups excluding carboxylic acids is 1. The molecule has 2 aliphatic rings. The molecule has 0 saturated carbocycles. The second kappa shape index (κ2) is 10.4. The Bertz CT molecular complexity index is 1720. The number of para-hydroxylation sites is 1. The number of nitrogens with one attached hydrogen (secondary N) is 2. The van der Waals surface area contributed by atoms with Crippen LogP contribution in [0.15, 0.2) is 54.7 Å². The molecule has 41 heavy (non-hydrogen) atoms. The lowest BCUT2D eigenvalue weighted by molar-refractivity contribution is 0.0303. The van der Waals surface area contributed by atoms with Crippen molar-refractivity contribution in [2.45, 2.75) is 52.2 Å². The lowest BCUT2D eigenvalue weighted by atomic mass is 9.75. The van der Waals surface area contributed by atoms with Crippen LogP contribution in [0.2, 0.25) is 0 Å². The van der Waals surface area contributed by atoms with Crippen molar-refractivity contribution in [2.75, 3.05) is 31.6 Å². The molecule has 1 fully saturated rings. The lowest BCUT2D eigenvalue weighted by Crippen LogP contribution is -2.50. The number of aliphatic hydroxyl groups excluding tert-OH is 1. The number of nitrogens with zero attached hydrogens (tertiary/aromatic N) is 1. The van der Waals surface area contributed by atoms with Gasteiger partial charge in [0, 0.05) is 64.1 Å². The predicted molar refractivity (Wildman–Crippen MR) is 164 cm³/mol. The molecule has 2 aliphatic heterocycles. The number of rotatable bonds is 2. The maximum absolute atomic E-state index is 13.1. The van der Waals surface area contributed by atoms with Crippen LogP contribution < -0.4 is 5.32 Å². The van der Waals surface area contributed by atoms with Crippen molar-refractivity contribution in [1.82, 2.24) is 9.88 Å². The van der Waals surface area contributed by atoms with Crippen LogP contribution >= 0.6 is 0 Å². The molecule has 2 atom stereocenters. The van der Waals surface area contributed by atoms with Crippen molar-refractivity contribution < 1.29 is 14.6 Å². The summed E-state index contributed by atoms with van der Waals surface area (Å²) >= 11 is 0. The highest BCUT2D eigenvalue weighted by molar-refractivity contribution is 5.98. The molecule has 1 amide bonds. The van der Waals surface area contributed by atoms with Crippen LogP contribution in [0.4, 0.5) is 5.69 Å². The van der Waals surface area contributed by atoms with E-state index in [0.717, 1.165) is 44.6 Å². The molecule has 3 aromatic carbocycles. The van der Waals surface area contributed by atoms with Crippen LogP contribution in [0, 0.1) is 25.7 Å². The van der Waals surface area contributed by atoms with Crippen molar-refractivity contribution in [3.63, 3.8) is 0 Å². The molecule has 210 valence electrons. The van der Waals surface area contributed by atoms with Crippen molar-refractivity contribution in [2.24, 2.45) is 0 Å². The Kier molecular flexibility index (Phi) is 6.89. The summed E-state index contributed by atoms with van der Waals surface area (Å²) in [5.74, 6) is 6.77. The molecule has 3 heterocycles. The molecule has 0 radical (unpaired) electrons. The summed E-state index contributed by atoms with van der Waals surface area (Å²) in [7, 11) is 0. The van der Waals surface area contributed by atoms with Gasteiger partial charge in [0.05, 0.1) is 30.4 Å². The van der Waals surface area contributed by atoms with Gasteiger partial charge in [-0.3, -0.25) is 4.79 Å². The molecule has 0 unspecified atom stereocenters. The van der Waals surface area contributed by atoms with Gasteiger partial charge in [-0.15, -0.1) is 0 Å². The number of aliphatic hydroxyl groups is 1. The third-order valence-electron chi connectivity index (χ3n) is 8.63.